The fourth-order valence-electron chi connectivity index (χ4n) is 5.80. The highest BCUT2D eigenvalue weighted by Gasteiger charge is 2.46. The Labute approximate surface area is 229 Å². The third kappa shape index (κ3) is 4.78. The molecule has 0 atom stereocenters. The molecule has 6 rings (SSSR count). The molecule has 3 heterocycles. The molecule has 202 valence electrons. The van der Waals surface area contributed by atoms with Gasteiger partial charge in [-0.05, 0) is 56.4 Å². The van der Waals surface area contributed by atoms with Crippen molar-refractivity contribution in [1.29, 1.82) is 5.26 Å². The number of nitriles is 1. The molecule has 0 bridgehead atoms. The van der Waals surface area contributed by atoms with Crippen molar-refractivity contribution in [1.82, 2.24) is 25.1 Å². The zero-order valence-electron chi connectivity index (χ0n) is 23.0. The van der Waals surface area contributed by atoms with E-state index in [1.165, 1.54) is 0 Å². The van der Waals surface area contributed by atoms with Gasteiger partial charge in [0.05, 0.1) is 18.4 Å². The summed E-state index contributed by atoms with van der Waals surface area (Å²) in [5.74, 6) is 1.46. The van der Waals surface area contributed by atoms with Gasteiger partial charge in [0.2, 0.25) is 0 Å². The van der Waals surface area contributed by atoms with Crippen LogP contribution in [-0.2, 0) is 30.8 Å². The number of hydrogen-bond acceptors (Lipinski definition) is 7. The van der Waals surface area contributed by atoms with Crippen LogP contribution in [0.5, 0.6) is 5.75 Å². The quantitative estimate of drug-likeness (QED) is 0.453. The van der Waals surface area contributed by atoms with E-state index in [2.05, 4.69) is 53.7 Å². The first-order valence-corrected chi connectivity index (χ1v) is 13.7. The van der Waals surface area contributed by atoms with Crippen molar-refractivity contribution in [2.75, 3.05) is 11.9 Å². The van der Waals surface area contributed by atoms with E-state index < -0.39 is 0 Å². The molecule has 9 nitrogen and oxygen atoms in total. The van der Waals surface area contributed by atoms with Crippen LogP contribution >= 0.6 is 0 Å². The first-order valence-electron chi connectivity index (χ1n) is 13.7. The summed E-state index contributed by atoms with van der Waals surface area (Å²) in [6, 6.07) is 12.2. The average molecular weight is 526 g/mol. The van der Waals surface area contributed by atoms with E-state index >= 15 is 0 Å². The number of fused-ring (bicyclic) bond motifs is 1. The van der Waals surface area contributed by atoms with Gasteiger partial charge < -0.3 is 19.9 Å². The van der Waals surface area contributed by atoms with Crippen LogP contribution in [0, 0.1) is 17.2 Å². The van der Waals surface area contributed by atoms with Crippen LogP contribution in [0.25, 0.3) is 0 Å². The summed E-state index contributed by atoms with van der Waals surface area (Å²) >= 11 is 0. The monoisotopic (exact) mass is 525 g/mol. The number of nitrogens with zero attached hydrogens (tertiary/aromatic N) is 5. The summed E-state index contributed by atoms with van der Waals surface area (Å²) in [4.78, 5) is 18.3. The number of nitrogens with one attached hydrogen (secondary N) is 2. The van der Waals surface area contributed by atoms with Gasteiger partial charge in [0.1, 0.15) is 23.6 Å². The Morgan fingerprint density at radius 3 is 2.72 bits per heavy atom. The van der Waals surface area contributed by atoms with Gasteiger partial charge in [0.25, 0.3) is 5.91 Å². The van der Waals surface area contributed by atoms with Crippen molar-refractivity contribution in [2.45, 2.75) is 75.8 Å². The summed E-state index contributed by atoms with van der Waals surface area (Å²) < 4.78 is 7.98. The van der Waals surface area contributed by atoms with Gasteiger partial charge in [-0.1, -0.05) is 26.0 Å². The minimum Gasteiger partial charge on any atom is -0.490 e. The number of aryl methyl sites for hydroxylation is 1. The number of anilines is 1. The first kappa shape index (κ1) is 25.5. The molecule has 2 aliphatic carbocycles. The second-order valence-corrected chi connectivity index (χ2v) is 12.5. The minimum absolute atomic E-state index is 0.0163. The Bertz CT molecular complexity index is 1470. The Kier molecular flexibility index (Phi) is 5.99. The van der Waals surface area contributed by atoms with E-state index in [4.69, 9.17) is 9.72 Å². The number of hydrogen-bond donors (Lipinski definition) is 2. The number of rotatable bonds is 8. The minimum atomic E-state index is -0.266. The fourth-order valence-corrected chi connectivity index (χ4v) is 5.80. The van der Waals surface area contributed by atoms with Gasteiger partial charge >= 0.3 is 0 Å². The summed E-state index contributed by atoms with van der Waals surface area (Å²) in [7, 11) is 1.94. The molecule has 0 saturated heterocycles. The van der Waals surface area contributed by atoms with Gasteiger partial charge in [-0.2, -0.15) is 5.26 Å². The van der Waals surface area contributed by atoms with Gasteiger partial charge in [0.15, 0.2) is 0 Å². The second-order valence-electron chi connectivity index (χ2n) is 12.5. The summed E-state index contributed by atoms with van der Waals surface area (Å²) in [6.07, 6.45) is 6.21. The predicted octanol–water partition coefficient (Wildman–Crippen LogP) is 4.19. The van der Waals surface area contributed by atoms with E-state index in [1.807, 2.05) is 35.9 Å². The van der Waals surface area contributed by atoms with Crippen molar-refractivity contribution >= 4 is 11.6 Å². The number of benzene rings is 1. The van der Waals surface area contributed by atoms with Gasteiger partial charge in [-0.3, -0.25) is 4.79 Å². The predicted molar refractivity (Wildman–Crippen MR) is 146 cm³/mol. The molecule has 2 saturated carbocycles. The van der Waals surface area contributed by atoms with Crippen molar-refractivity contribution in [3.05, 3.63) is 65.0 Å². The highest BCUT2D eigenvalue weighted by atomic mass is 16.5. The molecule has 2 N–H and O–H groups in total. The maximum absolute atomic E-state index is 13.5. The lowest BCUT2D eigenvalue weighted by molar-refractivity contribution is 0.102. The summed E-state index contributed by atoms with van der Waals surface area (Å²) in [5.41, 5.74) is 3.67. The molecule has 0 radical (unpaired) electrons. The molecule has 2 aromatic heterocycles. The maximum atomic E-state index is 13.5. The third-order valence-electron chi connectivity index (χ3n) is 8.70. The lowest BCUT2D eigenvalue weighted by atomic mass is 9.57. The zero-order valence-corrected chi connectivity index (χ0v) is 23.0. The van der Waals surface area contributed by atoms with Crippen LogP contribution in [0.3, 0.4) is 0 Å². The maximum Gasteiger partial charge on any atom is 0.274 e. The summed E-state index contributed by atoms with van der Waals surface area (Å²) in [6.45, 7) is 7.60. The van der Waals surface area contributed by atoms with Gasteiger partial charge in [0, 0.05) is 53.6 Å². The largest absolute Gasteiger partial charge is 0.490 e. The average Bonchev–Trinajstić information content (AvgIpc) is 3.37. The normalized spacial score (nSPS) is 23.7. The van der Waals surface area contributed by atoms with Crippen LogP contribution in [-0.4, -0.2) is 37.8 Å². The van der Waals surface area contributed by atoms with Crippen LogP contribution in [0.15, 0.2) is 36.7 Å². The molecule has 2 fully saturated rings. The van der Waals surface area contributed by atoms with Gasteiger partial charge in [-0.25, -0.2) is 4.98 Å². The molecule has 1 amide bonds. The molecule has 9 heteroatoms. The van der Waals surface area contributed by atoms with Crippen LogP contribution in [0.2, 0.25) is 0 Å². The first-order chi connectivity index (χ1) is 18.6. The van der Waals surface area contributed by atoms with E-state index in [0.29, 0.717) is 31.0 Å². The number of amides is 1. The van der Waals surface area contributed by atoms with Crippen LogP contribution in [0.1, 0.15) is 79.6 Å². The highest BCUT2D eigenvalue weighted by molar-refractivity contribution is 6.03. The van der Waals surface area contributed by atoms with E-state index in [1.54, 1.807) is 6.33 Å². The molecule has 0 unspecified atom stereocenters. The van der Waals surface area contributed by atoms with Crippen molar-refractivity contribution in [3.8, 4) is 11.8 Å². The number of pyridine rings is 1. The number of carbonyl (C=O) groups excluding carboxylic acids is 1. The van der Waals surface area contributed by atoms with E-state index in [0.717, 1.165) is 54.1 Å². The van der Waals surface area contributed by atoms with Crippen molar-refractivity contribution in [3.63, 3.8) is 0 Å². The SMILES string of the molecule is Cn1cnnc1CC1(c2cccc(NC(=O)c3cc(CNC4(C)CC4)c4c(n3)C(C)(C)CO4)c2)CC(C#N)C1. The zero-order chi connectivity index (χ0) is 27.4. The molecule has 3 aliphatic rings. The number of carbonyl (C=O) groups is 1. The standard InChI is InChI=1S/C30H35N7O2/c1-28(2)17-39-25-20(16-32-29(3)8-9-29)10-23(35-26(25)28)27(38)34-22-7-5-6-21(11-22)30(12-19(13-30)15-31)14-24-36-33-18-37(24)4/h5-7,10-11,18-19,32H,8-9,12-14,16-17H2,1-4H3,(H,34,38). The van der Waals surface area contributed by atoms with Crippen molar-refractivity contribution < 1.29 is 9.53 Å². The Morgan fingerprint density at radius 2 is 2.03 bits per heavy atom. The van der Waals surface area contributed by atoms with E-state index in [9.17, 15) is 10.1 Å². The molecular weight excluding hydrogens is 490 g/mol. The molecular formula is C30H35N7O2. The lowest BCUT2D eigenvalue weighted by Gasteiger charge is -2.45. The molecule has 39 heavy (non-hydrogen) atoms. The number of aromatic nitrogens is 4. The van der Waals surface area contributed by atoms with Crippen LogP contribution in [0.4, 0.5) is 5.69 Å². The van der Waals surface area contributed by atoms with Crippen LogP contribution < -0.4 is 15.4 Å². The molecule has 3 aromatic rings. The molecule has 1 aliphatic heterocycles. The smallest absolute Gasteiger partial charge is 0.274 e. The molecule has 0 spiro atoms. The van der Waals surface area contributed by atoms with Gasteiger partial charge in [-0.15, -0.1) is 10.2 Å². The van der Waals surface area contributed by atoms with Crippen molar-refractivity contribution in [2.24, 2.45) is 13.0 Å². The second kappa shape index (κ2) is 9.16. The third-order valence-corrected chi connectivity index (χ3v) is 8.70. The topological polar surface area (TPSA) is 118 Å². The van der Waals surface area contributed by atoms with E-state index in [-0.39, 0.29) is 28.2 Å². The fraction of sp³-hybridized carbons (Fsp3) is 0.500. The highest BCUT2D eigenvalue weighted by Crippen LogP contribution is 2.50. The number of ether oxygens (including phenoxy) is 1. The Hall–Kier alpha value is -3.77. The molecule has 1 aromatic carbocycles. The summed E-state index contributed by atoms with van der Waals surface area (Å²) in [5, 5.41) is 24.5. The Morgan fingerprint density at radius 1 is 1.23 bits per heavy atom. The lowest BCUT2D eigenvalue weighted by Crippen LogP contribution is -2.43. The Balaban J connectivity index is 1.26.